The Bertz CT molecular complexity index is 545. The van der Waals surface area contributed by atoms with E-state index >= 15 is 0 Å². The highest BCUT2D eigenvalue weighted by atomic mass is 79.9. The van der Waals surface area contributed by atoms with Crippen LogP contribution in [0.5, 0.6) is 0 Å². The van der Waals surface area contributed by atoms with E-state index in [1.165, 1.54) is 5.56 Å². The summed E-state index contributed by atoms with van der Waals surface area (Å²) in [6.07, 6.45) is 1.01. The second kappa shape index (κ2) is 7.04. The molecule has 0 aliphatic heterocycles. The van der Waals surface area contributed by atoms with Gasteiger partial charge in [-0.2, -0.15) is 0 Å². The zero-order valence-electron chi connectivity index (χ0n) is 10.7. The van der Waals surface area contributed by atoms with Gasteiger partial charge in [-0.25, -0.2) is 4.98 Å². The monoisotopic (exact) mass is 338 g/mol. The topological polar surface area (TPSA) is 24.9 Å². The Morgan fingerprint density at radius 2 is 2.05 bits per heavy atom. The molecule has 4 heteroatoms. The number of rotatable bonds is 5. The molecule has 0 fully saturated rings. The van der Waals surface area contributed by atoms with E-state index in [4.69, 9.17) is 11.6 Å². The van der Waals surface area contributed by atoms with Crippen LogP contribution in [0.25, 0.3) is 0 Å². The normalized spacial score (nSPS) is 12.4. The fraction of sp³-hybridized carbons (Fsp3) is 0.267. The van der Waals surface area contributed by atoms with Gasteiger partial charge in [0, 0.05) is 17.6 Å². The lowest BCUT2D eigenvalue weighted by atomic mass is 10.0. The lowest BCUT2D eigenvalue weighted by Gasteiger charge is -2.17. The van der Waals surface area contributed by atoms with E-state index in [1.807, 2.05) is 36.4 Å². The highest BCUT2D eigenvalue weighted by Gasteiger charge is 2.09. The predicted octanol–water partition coefficient (Wildman–Crippen LogP) is 4.74. The first kappa shape index (κ1) is 14.5. The first-order chi connectivity index (χ1) is 9.19. The lowest BCUT2D eigenvalue weighted by molar-refractivity contribution is 0.514. The highest BCUT2D eigenvalue weighted by Crippen LogP contribution is 2.20. The largest absolute Gasteiger partial charge is 0.304 e. The summed E-state index contributed by atoms with van der Waals surface area (Å²) < 4.78 is 0.864. The third-order valence-corrected chi connectivity index (χ3v) is 3.64. The van der Waals surface area contributed by atoms with Crippen molar-refractivity contribution in [2.45, 2.75) is 25.9 Å². The third kappa shape index (κ3) is 4.30. The zero-order valence-corrected chi connectivity index (χ0v) is 13.1. The fourth-order valence-corrected chi connectivity index (χ4v) is 2.58. The minimum absolute atomic E-state index is 0.291. The van der Waals surface area contributed by atoms with Crippen LogP contribution in [0, 0.1) is 0 Å². The van der Waals surface area contributed by atoms with Gasteiger partial charge in [0.1, 0.15) is 4.60 Å². The summed E-state index contributed by atoms with van der Waals surface area (Å²) in [6, 6.07) is 14.2. The van der Waals surface area contributed by atoms with E-state index in [1.54, 1.807) is 0 Å². The number of aromatic nitrogens is 1. The minimum atomic E-state index is 0.291. The summed E-state index contributed by atoms with van der Waals surface area (Å²) in [7, 11) is 0. The van der Waals surface area contributed by atoms with Crippen LogP contribution < -0.4 is 5.32 Å². The van der Waals surface area contributed by atoms with Gasteiger partial charge < -0.3 is 5.32 Å². The number of nitrogens with one attached hydrogen (secondary N) is 1. The molecule has 1 heterocycles. The molecular formula is C15H16BrClN2. The van der Waals surface area contributed by atoms with Crippen molar-refractivity contribution in [3.63, 3.8) is 0 Å². The van der Waals surface area contributed by atoms with E-state index in [0.29, 0.717) is 6.04 Å². The summed E-state index contributed by atoms with van der Waals surface area (Å²) in [4.78, 5) is 4.42. The average molecular weight is 340 g/mol. The summed E-state index contributed by atoms with van der Waals surface area (Å²) in [5.41, 5.74) is 2.24. The summed E-state index contributed by atoms with van der Waals surface area (Å²) >= 11 is 9.42. The van der Waals surface area contributed by atoms with Gasteiger partial charge >= 0.3 is 0 Å². The van der Waals surface area contributed by atoms with Crippen molar-refractivity contribution in [2.75, 3.05) is 0 Å². The number of benzene rings is 1. The fourth-order valence-electron chi connectivity index (χ4n) is 2.00. The predicted molar refractivity (Wildman–Crippen MR) is 83.3 cm³/mol. The maximum atomic E-state index is 6.04. The van der Waals surface area contributed by atoms with Crippen molar-refractivity contribution < 1.29 is 0 Å². The molecule has 0 amide bonds. The molecule has 2 nitrogen and oxygen atoms in total. The van der Waals surface area contributed by atoms with Gasteiger partial charge in [0.2, 0.25) is 0 Å². The molecule has 1 aromatic heterocycles. The van der Waals surface area contributed by atoms with E-state index < -0.39 is 0 Å². The van der Waals surface area contributed by atoms with Crippen molar-refractivity contribution in [3.8, 4) is 0 Å². The van der Waals surface area contributed by atoms with Gasteiger partial charge in [-0.15, -0.1) is 0 Å². The average Bonchev–Trinajstić information content (AvgIpc) is 2.40. The molecule has 0 spiro atoms. The van der Waals surface area contributed by atoms with Crippen molar-refractivity contribution in [1.82, 2.24) is 10.3 Å². The Kier molecular flexibility index (Phi) is 5.37. The second-order valence-corrected chi connectivity index (χ2v) is 5.60. The van der Waals surface area contributed by atoms with Crippen molar-refractivity contribution >= 4 is 27.5 Å². The van der Waals surface area contributed by atoms with Gasteiger partial charge in [0.05, 0.1) is 5.69 Å². The quantitative estimate of drug-likeness (QED) is 0.796. The van der Waals surface area contributed by atoms with Crippen LogP contribution in [0.4, 0.5) is 0 Å². The molecule has 0 aliphatic carbocycles. The van der Waals surface area contributed by atoms with E-state index in [9.17, 15) is 0 Å². The molecular weight excluding hydrogens is 324 g/mol. The van der Waals surface area contributed by atoms with Crippen LogP contribution in [0.15, 0.2) is 47.1 Å². The van der Waals surface area contributed by atoms with Gasteiger partial charge in [-0.3, -0.25) is 0 Å². The van der Waals surface area contributed by atoms with E-state index in [-0.39, 0.29) is 0 Å². The van der Waals surface area contributed by atoms with Gasteiger partial charge in [0.25, 0.3) is 0 Å². The SMILES string of the molecule is CCC(NCc1cccc(Br)n1)c1cccc(Cl)c1. The standard InChI is InChI=1S/C15H16BrClN2/c1-2-14(11-5-3-6-12(17)9-11)18-10-13-7-4-8-15(16)19-13/h3-9,14,18H,2,10H2,1H3. The number of pyridine rings is 1. The molecule has 0 bridgehead atoms. The molecule has 0 aliphatic rings. The van der Waals surface area contributed by atoms with E-state index in [2.05, 4.69) is 39.2 Å². The Labute approximate surface area is 127 Å². The zero-order chi connectivity index (χ0) is 13.7. The molecule has 1 unspecified atom stereocenters. The maximum Gasteiger partial charge on any atom is 0.106 e. The van der Waals surface area contributed by atoms with Crippen LogP contribution in [0.1, 0.15) is 30.6 Å². The van der Waals surface area contributed by atoms with Crippen molar-refractivity contribution in [1.29, 1.82) is 0 Å². The van der Waals surface area contributed by atoms with Gasteiger partial charge in [0.15, 0.2) is 0 Å². The first-order valence-corrected chi connectivity index (χ1v) is 7.46. The van der Waals surface area contributed by atoms with Crippen LogP contribution in [-0.4, -0.2) is 4.98 Å². The summed E-state index contributed by atoms with van der Waals surface area (Å²) in [5.74, 6) is 0. The Morgan fingerprint density at radius 1 is 1.26 bits per heavy atom. The second-order valence-electron chi connectivity index (χ2n) is 4.35. The van der Waals surface area contributed by atoms with E-state index in [0.717, 1.165) is 28.3 Å². The Balaban J connectivity index is 2.04. The van der Waals surface area contributed by atoms with Crippen LogP contribution in [-0.2, 0) is 6.54 Å². The minimum Gasteiger partial charge on any atom is -0.304 e. The smallest absolute Gasteiger partial charge is 0.106 e. The number of hydrogen-bond acceptors (Lipinski definition) is 2. The molecule has 2 aromatic rings. The summed E-state index contributed by atoms with van der Waals surface area (Å²) in [5, 5.41) is 4.29. The lowest BCUT2D eigenvalue weighted by Crippen LogP contribution is -2.20. The molecule has 0 radical (unpaired) electrons. The molecule has 100 valence electrons. The molecule has 1 aromatic carbocycles. The molecule has 0 saturated heterocycles. The first-order valence-electron chi connectivity index (χ1n) is 6.29. The van der Waals surface area contributed by atoms with Gasteiger partial charge in [-0.1, -0.05) is 36.7 Å². The molecule has 0 saturated carbocycles. The van der Waals surface area contributed by atoms with Crippen LogP contribution in [0.3, 0.4) is 0 Å². The molecule has 1 atom stereocenters. The Hall–Kier alpha value is -0.900. The number of nitrogens with zero attached hydrogens (tertiary/aromatic N) is 1. The third-order valence-electron chi connectivity index (χ3n) is 2.96. The van der Waals surface area contributed by atoms with Crippen LogP contribution >= 0.6 is 27.5 Å². The van der Waals surface area contributed by atoms with Crippen molar-refractivity contribution in [2.24, 2.45) is 0 Å². The number of halogens is 2. The number of hydrogen-bond donors (Lipinski definition) is 1. The van der Waals surface area contributed by atoms with Crippen molar-refractivity contribution in [3.05, 3.63) is 63.3 Å². The Morgan fingerprint density at radius 3 is 2.74 bits per heavy atom. The summed E-state index contributed by atoms with van der Waals surface area (Å²) in [6.45, 7) is 2.90. The maximum absolute atomic E-state index is 6.04. The molecule has 2 rings (SSSR count). The van der Waals surface area contributed by atoms with Gasteiger partial charge in [-0.05, 0) is 52.2 Å². The highest BCUT2D eigenvalue weighted by molar-refractivity contribution is 9.10. The van der Waals surface area contributed by atoms with Crippen LogP contribution in [0.2, 0.25) is 5.02 Å². The molecule has 1 N–H and O–H groups in total. The molecule has 19 heavy (non-hydrogen) atoms.